The maximum Gasteiger partial charge on any atom is 0.325 e. The summed E-state index contributed by atoms with van der Waals surface area (Å²) in [7, 11) is 1.57. The molecule has 1 aliphatic rings. The van der Waals surface area contributed by atoms with Gasteiger partial charge >= 0.3 is 6.03 Å². The molecule has 1 unspecified atom stereocenters. The van der Waals surface area contributed by atoms with Crippen molar-refractivity contribution in [2.45, 2.75) is 25.4 Å². The highest BCUT2D eigenvalue weighted by Crippen LogP contribution is 2.17. The van der Waals surface area contributed by atoms with Crippen LogP contribution in [0.2, 0.25) is 0 Å². The zero-order chi connectivity index (χ0) is 19.9. The first-order chi connectivity index (χ1) is 13.6. The molecule has 4 amide bonds. The van der Waals surface area contributed by atoms with Crippen LogP contribution in [0.5, 0.6) is 5.75 Å². The van der Waals surface area contributed by atoms with Gasteiger partial charge in [0.15, 0.2) is 0 Å². The molecule has 1 saturated heterocycles. The minimum Gasteiger partial charge on any atom is -0.497 e. The molecule has 2 heterocycles. The Labute approximate surface area is 162 Å². The molecule has 1 aliphatic heterocycles. The molecule has 28 heavy (non-hydrogen) atoms. The van der Waals surface area contributed by atoms with Crippen molar-refractivity contribution in [1.82, 2.24) is 20.5 Å². The van der Waals surface area contributed by atoms with Crippen LogP contribution in [0.3, 0.4) is 0 Å². The Hall–Kier alpha value is -3.42. The maximum absolute atomic E-state index is 12.5. The predicted molar refractivity (Wildman–Crippen MR) is 101 cm³/mol. The third-order valence-electron chi connectivity index (χ3n) is 4.48. The molecule has 2 aromatic rings. The summed E-state index contributed by atoms with van der Waals surface area (Å²) in [5.74, 6) is 0.0198. The van der Waals surface area contributed by atoms with Gasteiger partial charge in [0.2, 0.25) is 5.91 Å². The molecule has 1 aromatic heterocycles. The summed E-state index contributed by atoms with van der Waals surface area (Å²) in [5.41, 5.74) is 1.86. The van der Waals surface area contributed by atoms with Crippen molar-refractivity contribution in [3.8, 4) is 5.75 Å². The Balaban J connectivity index is 1.49. The van der Waals surface area contributed by atoms with Crippen molar-refractivity contribution in [3.63, 3.8) is 0 Å². The number of urea groups is 1. The van der Waals surface area contributed by atoms with Crippen LogP contribution in [0.15, 0.2) is 48.8 Å². The smallest absolute Gasteiger partial charge is 0.325 e. The van der Waals surface area contributed by atoms with E-state index in [1.165, 1.54) is 0 Å². The van der Waals surface area contributed by atoms with Gasteiger partial charge in [-0.2, -0.15) is 0 Å². The third-order valence-corrected chi connectivity index (χ3v) is 4.48. The van der Waals surface area contributed by atoms with Crippen molar-refractivity contribution in [3.05, 3.63) is 59.9 Å². The zero-order valence-electron chi connectivity index (χ0n) is 15.6. The molecule has 8 heteroatoms. The predicted octanol–water partition coefficient (Wildman–Crippen LogP) is 1.26. The lowest BCUT2D eigenvalue weighted by atomic mass is 10.1. The largest absolute Gasteiger partial charge is 0.497 e. The molecule has 1 aromatic carbocycles. The van der Waals surface area contributed by atoms with Crippen molar-refractivity contribution in [1.29, 1.82) is 0 Å². The molecule has 8 nitrogen and oxygen atoms in total. The number of hydrogen-bond donors (Lipinski definition) is 2. The van der Waals surface area contributed by atoms with Gasteiger partial charge in [0.25, 0.3) is 5.91 Å². The number of imide groups is 1. The summed E-state index contributed by atoms with van der Waals surface area (Å²) in [6, 6.07) is 9.54. The van der Waals surface area contributed by atoms with Crippen LogP contribution >= 0.6 is 0 Å². The Kier molecular flexibility index (Phi) is 6.21. The van der Waals surface area contributed by atoms with E-state index in [0.29, 0.717) is 18.7 Å². The van der Waals surface area contributed by atoms with E-state index in [1.807, 2.05) is 12.1 Å². The van der Waals surface area contributed by atoms with Crippen LogP contribution in [-0.4, -0.2) is 47.4 Å². The van der Waals surface area contributed by atoms with E-state index in [2.05, 4.69) is 15.6 Å². The summed E-state index contributed by atoms with van der Waals surface area (Å²) >= 11 is 0. The Morgan fingerprint density at radius 1 is 1.14 bits per heavy atom. The lowest BCUT2D eigenvalue weighted by Crippen LogP contribution is -2.37. The van der Waals surface area contributed by atoms with Gasteiger partial charge < -0.3 is 15.4 Å². The SMILES string of the molecule is COc1ccc(CN2C(=O)NC(CC(=O)NCCc3ccncc3)C2=O)cc1. The summed E-state index contributed by atoms with van der Waals surface area (Å²) < 4.78 is 5.10. The monoisotopic (exact) mass is 382 g/mol. The molecule has 1 atom stereocenters. The molecule has 0 spiro atoms. The van der Waals surface area contributed by atoms with Gasteiger partial charge in [0, 0.05) is 18.9 Å². The number of nitrogens with zero attached hydrogens (tertiary/aromatic N) is 2. The first-order valence-electron chi connectivity index (χ1n) is 8.97. The second-order valence-electron chi connectivity index (χ2n) is 6.43. The minimum absolute atomic E-state index is 0.0833. The van der Waals surface area contributed by atoms with Gasteiger partial charge in [0.05, 0.1) is 20.1 Å². The highest BCUT2D eigenvalue weighted by atomic mass is 16.5. The number of amides is 4. The average molecular weight is 382 g/mol. The number of ether oxygens (including phenoxy) is 1. The molecule has 0 radical (unpaired) electrons. The summed E-state index contributed by atoms with van der Waals surface area (Å²) in [5, 5.41) is 5.35. The summed E-state index contributed by atoms with van der Waals surface area (Å²) in [4.78, 5) is 41.8. The van der Waals surface area contributed by atoms with Crippen molar-refractivity contribution in [2.24, 2.45) is 0 Å². The molecule has 0 saturated carbocycles. The third kappa shape index (κ3) is 4.85. The number of methoxy groups -OCH3 is 1. The van der Waals surface area contributed by atoms with E-state index < -0.39 is 18.0 Å². The van der Waals surface area contributed by atoms with Gasteiger partial charge in [-0.3, -0.25) is 19.5 Å². The van der Waals surface area contributed by atoms with E-state index >= 15 is 0 Å². The van der Waals surface area contributed by atoms with Gasteiger partial charge in [-0.15, -0.1) is 0 Å². The number of rotatable bonds is 8. The average Bonchev–Trinajstić information content (AvgIpc) is 2.96. The van der Waals surface area contributed by atoms with Crippen LogP contribution in [0.25, 0.3) is 0 Å². The first-order valence-corrected chi connectivity index (χ1v) is 8.97. The van der Waals surface area contributed by atoms with Crippen LogP contribution in [-0.2, 0) is 22.6 Å². The fraction of sp³-hybridized carbons (Fsp3) is 0.300. The molecule has 0 bridgehead atoms. The lowest BCUT2D eigenvalue weighted by Gasteiger charge is -2.13. The normalized spacial score (nSPS) is 16.0. The molecule has 146 valence electrons. The Bertz CT molecular complexity index is 839. The van der Waals surface area contributed by atoms with Crippen molar-refractivity contribution < 1.29 is 19.1 Å². The highest BCUT2D eigenvalue weighted by molar-refractivity contribution is 6.05. The van der Waals surface area contributed by atoms with Gasteiger partial charge in [-0.1, -0.05) is 12.1 Å². The zero-order valence-corrected chi connectivity index (χ0v) is 15.6. The van der Waals surface area contributed by atoms with Crippen LogP contribution in [0, 0.1) is 0 Å². The van der Waals surface area contributed by atoms with E-state index in [1.54, 1.807) is 43.8 Å². The van der Waals surface area contributed by atoms with Crippen LogP contribution in [0.4, 0.5) is 4.79 Å². The second-order valence-corrected chi connectivity index (χ2v) is 6.43. The summed E-state index contributed by atoms with van der Waals surface area (Å²) in [6.07, 6.45) is 3.98. The number of carbonyl (C=O) groups excluding carboxylic acids is 3. The first kappa shape index (κ1) is 19.3. The maximum atomic E-state index is 12.5. The quantitative estimate of drug-likeness (QED) is 0.670. The molecule has 2 N–H and O–H groups in total. The van der Waals surface area contributed by atoms with Gasteiger partial charge in [-0.25, -0.2) is 4.79 Å². The molecular weight excluding hydrogens is 360 g/mol. The number of pyridine rings is 1. The topological polar surface area (TPSA) is 101 Å². The number of aromatic nitrogens is 1. The molecule has 1 fully saturated rings. The fourth-order valence-corrected chi connectivity index (χ4v) is 2.93. The van der Waals surface area contributed by atoms with Crippen LogP contribution in [0.1, 0.15) is 17.5 Å². The van der Waals surface area contributed by atoms with E-state index in [-0.39, 0.29) is 18.9 Å². The Morgan fingerprint density at radius 2 is 1.86 bits per heavy atom. The molecular formula is C20H22N4O4. The second kappa shape index (κ2) is 8.98. The number of carbonyl (C=O) groups is 3. The van der Waals surface area contributed by atoms with Crippen molar-refractivity contribution in [2.75, 3.05) is 13.7 Å². The van der Waals surface area contributed by atoms with Crippen LogP contribution < -0.4 is 15.4 Å². The number of benzene rings is 1. The molecule has 0 aliphatic carbocycles. The van der Waals surface area contributed by atoms with E-state index in [4.69, 9.17) is 4.74 Å². The lowest BCUT2D eigenvalue weighted by molar-refractivity contribution is -0.131. The van der Waals surface area contributed by atoms with Gasteiger partial charge in [-0.05, 0) is 41.8 Å². The number of nitrogens with one attached hydrogen (secondary N) is 2. The summed E-state index contributed by atoms with van der Waals surface area (Å²) in [6.45, 7) is 0.599. The van der Waals surface area contributed by atoms with E-state index in [9.17, 15) is 14.4 Å². The fourth-order valence-electron chi connectivity index (χ4n) is 2.93. The number of hydrogen-bond acceptors (Lipinski definition) is 5. The van der Waals surface area contributed by atoms with Crippen molar-refractivity contribution >= 4 is 17.8 Å². The van der Waals surface area contributed by atoms with Gasteiger partial charge in [0.1, 0.15) is 11.8 Å². The Morgan fingerprint density at radius 3 is 2.54 bits per heavy atom. The minimum atomic E-state index is -0.841. The van der Waals surface area contributed by atoms with E-state index in [0.717, 1.165) is 16.0 Å². The highest BCUT2D eigenvalue weighted by Gasteiger charge is 2.38. The standard InChI is InChI=1S/C20H22N4O4/c1-28-16-4-2-15(3-5-16)13-24-19(26)17(23-20(24)27)12-18(25)22-11-8-14-6-9-21-10-7-14/h2-7,9-10,17H,8,11-13H2,1H3,(H,22,25)(H,23,27). The molecule has 3 rings (SSSR count).